The van der Waals surface area contributed by atoms with E-state index < -0.39 is 11.6 Å². The lowest BCUT2D eigenvalue weighted by molar-refractivity contribution is 0.493. The van der Waals surface area contributed by atoms with Gasteiger partial charge in [-0.25, -0.2) is 8.78 Å². The molecule has 0 fully saturated rings. The molecule has 3 aromatic rings. The maximum absolute atomic E-state index is 14.6. The van der Waals surface area contributed by atoms with E-state index in [1.807, 2.05) is 24.3 Å². The first-order chi connectivity index (χ1) is 18.6. The van der Waals surface area contributed by atoms with Crippen molar-refractivity contribution < 1.29 is 8.78 Å². The summed E-state index contributed by atoms with van der Waals surface area (Å²) in [6.07, 6.45) is 13.6. The van der Waals surface area contributed by atoms with Crippen molar-refractivity contribution in [1.29, 1.82) is 0 Å². The average molecular weight is 511 g/mol. The first-order valence-electron chi connectivity index (χ1n) is 14.3. The molecule has 0 radical (unpaired) electrons. The van der Waals surface area contributed by atoms with Gasteiger partial charge in [0.15, 0.2) is 11.6 Å². The van der Waals surface area contributed by atoms with Crippen molar-refractivity contribution in [2.45, 2.75) is 90.9 Å². The van der Waals surface area contributed by atoms with Crippen LogP contribution in [0.15, 0.2) is 60.7 Å². The van der Waals surface area contributed by atoms with Gasteiger partial charge in [0, 0.05) is 16.7 Å². The molecule has 0 atom stereocenters. The first kappa shape index (κ1) is 29.2. The predicted molar refractivity (Wildman–Crippen MR) is 156 cm³/mol. The third-order valence-electron chi connectivity index (χ3n) is 6.81. The highest BCUT2D eigenvalue weighted by Crippen LogP contribution is 2.19. The maximum atomic E-state index is 14.6. The summed E-state index contributed by atoms with van der Waals surface area (Å²) in [6.45, 7) is 4.40. The Morgan fingerprint density at radius 1 is 0.474 bits per heavy atom. The monoisotopic (exact) mass is 510 g/mol. The van der Waals surface area contributed by atoms with Crippen molar-refractivity contribution in [2.24, 2.45) is 0 Å². The normalized spacial score (nSPS) is 10.4. The lowest BCUT2D eigenvalue weighted by Gasteiger charge is -2.05. The van der Waals surface area contributed by atoms with Crippen molar-refractivity contribution in [3.05, 3.63) is 106 Å². The highest BCUT2D eigenvalue weighted by Gasteiger charge is 2.12. The second-order valence-electron chi connectivity index (χ2n) is 10.0. The smallest absolute Gasteiger partial charge is 0.174 e. The van der Waals surface area contributed by atoms with E-state index in [9.17, 15) is 8.78 Å². The molecule has 0 unspecified atom stereocenters. The largest absolute Gasteiger partial charge is 0.203 e. The van der Waals surface area contributed by atoms with Gasteiger partial charge in [-0.15, -0.1) is 0 Å². The number of hydrogen-bond acceptors (Lipinski definition) is 0. The molecule has 0 aliphatic heterocycles. The second-order valence-corrected chi connectivity index (χ2v) is 10.0. The Hall–Kier alpha value is -3.36. The molecule has 0 amide bonds. The fourth-order valence-electron chi connectivity index (χ4n) is 4.41. The zero-order valence-electron chi connectivity index (χ0n) is 23.0. The Morgan fingerprint density at radius 2 is 0.947 bits per heavy atom. The van der Waals surface area contributed by atoms with Gasteiger partial charge in [0.05, 0.1) is 5.56 Å². The molecular formula is C36H40F2. The maximum Gasteiger partial charge on any atom is 0.174 e. The van der Waals surface area contributed by atoms with Crippen LogP contribution < -0.4 is 0 Å². The van der Waals surface area contributed by atoms with Gasteiger partial charge in [0.25, 0.3) is 0 Å². The molecule has 0 N–H and O–H groups in total. The minimum absolute atomic E-state index is 0.0884. The fraction of sp³-hybridized carbons (Fsp3) is 0.389. The zero-order chi connectivity index (χ0) is 27.0. The molecule has 0 aromatic heterocycles. The molecule has 0 heterocycles. The molecule has 3 rings (SSSR count). The highest BCUT2D eigenvalue weighted by atomic mass is 19.2. The Kier molecular flexibility index (Phi) is 12.7. The minimum atomic E-state index is -0.853. The van der Waals surface area contributed by atoms with E-state index in [-0.39, 0.29) is 5.56 Å². The summed E-state index contributed by atoms with van der Waals surface area (Å²) < 4.78 is 29.1. The van der Waals surface area contributed by atoms with Gasteiger partial charge in [0.1, 0.15) is 0 Å². The van der Waals surface area contributed by atoms with E-state index in [0.29, 0.717) is 12.0 Å². The number of halogens is 2. The first-order valence-corrected chi connectivity index (χ1v) is 14.3. The summed E-state index contributed by atoms with van der Waals surface area (Å²) in [7, 11) is 0. The zero-order valence-corrected chi connectivity index (χ0v) is 23.0. The molecule has 0 aliphatic rings. The Labute approximate surface area is 228 Å². The van der Waals surface area contributed by atoms with Crippen LogP contribution in [0.25, 0.3) is 0 Å². The number of unbranched alkanes of at least 4 members (excludes halogenated alkanes) is 8. The van der Waals surface area contributed by atoms with Crippen LogP contribution in [0.4, 0.5) is 8.78 Å². The van der Waals surface area contributed by atoms with Crippen LogP contribution in [0.1, 0.15) is 111 Å². The van der Waals surface area contributed by atoms with E-state index in [1.165, 1.54) is 50.5 Å². The van der Waals surface area contributed by atoms with Crippen LogP contribution in [-0.4, -0.2) is 0 Å². The molecule has 198 valence electrons. The quantitative estimate of drug-likeness (QED) is 0.168. The van der Waals surface area contributed by atoms with Crippen molar-refractivity contribution in [1.82, 2.24) is 0 Å². The van der Waals surface area contributed by atoms with Gasteiger partial charge in [-0.2, -0.15) is 0 Å². The molecule has 0 bridgehead atoms. The van der Waals surface area contributed by atoms with Crippen LogP contribution in [0.2, 0.25) is 0 Å². The van der Waals surface area contributed by atoms with Gasteiger partial charge >= 0.3 is 0 Å². The predicted octanol–water partition coefficient (Wildman–Crippen LogP) is 9.79. The average Bonchev–Trinajstić information content (AvgIpc) is 2.94. The summed E-state index contributed by atoms with van der Waals surface area (Å²) in [6, 6.07) is 19.3. The van der Waals surface area contributed by atoms with Crippen LogP contribution in [0.3, 0.4) is 0 Å². The minimum Gasteiger partial charge on any atom is -0.203 e. The van der Waals surface area contributed by atoms with Gasteiger partial charge < -0.3 is 0 Å². The number of hydrogen-bond donors (Lipinski definition) is 0. The summed E-state index contributed by atoms with van der Waals surface area (Å²) in [5.74, 6) is 10.5. The summed E-state index contributed by atoms with van der Waals surface area (Å²) in [5.41, 5.74) is 4.50. The highest BCUT2D eigenvalue weighted by molar-refractivity contribution is 5.48. The second kappa shape index (κ2) is 16.5. The Bertz CT molecular complexity index is 1250. The third-order valence-corrected chi connectivity index (χ3v) is 6.81. The molecule has 2 heteroatoms. The Balaban J connectivity index is 1.54. The van der Waals surface area contributed by atoms with E-state index in [4.69, 9.17) is 0 Å². The summed E-state index contributed by atoms with van der Waals surface area (Å²) in [5, 5.41) is 0. The van der Waals surface area contributed by atoms with Crippen LogP contribution in [0, 0.1) is 35.3 Å². The van der Waals surface area contributed by atoms with Gasteiger partial charge in [-0.3, -0.25) is 0 Å². The molecule has 0 spiro atoms. The molecule has 0 saturated heterocycles. The van der Waals surface area contributed by atoms with Gasteiger partial charge in [0.2, 0.25) is 0 Å². The van der Waals surface area contributed by atoms with E-state index >= 15 is 0 Å². The van der Waals surface area contributed by atoms with Gasteiger partial charge in [-0.05, 0) is 79.3 Å². The van der Waals surface area contributed by atoms with Crippen molar-refractivity contribution in [2.75, 3.05) is 0 Å². The van der Waals surface area contributed by atoms with Crippen molar-refractivity contribution in [3.63, 3.8) is 0 Å². The lowest BCUT2D eigenvalue weighted by Crippen LogP contribution is -1.98. The molecular weight excluding hydrogens is 470 g/mol. The van der Waals surface area contributed by atoms with E-state index in [2.05, 4.69) is 61.8 Å². The van der Waals surface area contributed by atoms with Crippen LogP contribution >= 0.6 is 0 Å². The lowest BCUT2D eigenvalue weighted by atomic mass is 10.0. The molecule has 3 aromatic carbocycles. The topological polar surface area (TPSA) is 0 Å². The van der Waals surface area contributed by atoms with E-state index in [0.717, 1.165) is 42.4 Å². The summed E-state index contributed by atoms with van der Waals surface area (Å²) in [4.78, 5) is 0. The third kappa shape index (κ3) is 9.84. The van der Waals surface area contributed by atoms with E-state index in [1.54, 1.807) is 12.1 Å². The van der Waals surface area contributed by atoms with Gasteiger partial charge in [-0.1, -0.05) is 107 Å². The number of aryl methyl sites for hydroxylation is 2. The van der Waals surface area contributed by atoms with Crippen molar-refractivity contribution >= 4 is 0 Å². The number of benzene rings is 3. The standard InChI is InChI=1S/C36H40F2/c1-3-5-7-9-11-13-29-15-17-30(18-16-29)19-20-31-21-23-32(24-22-31)25-26-34-28-27-33(35(37)36(34)38)14-12-10-8-6-4-2/h15-18,21-24,27-28H,3-14H2,1-2H3. The van der Waals surface area contributed by atoms with Crippen LogP contribution in [-0.2, 0) is 12.8 Å². The SMILES string of the molecule is CCCCCCCc1ccc(C#Cc2ccc(C#Cc3ccc(CCCCCCC)c(F)c3F)cc2)cc1. The molecule has 0 saturated carbocycles. The Morgan fingerprint density at radius 3 is 1.50 bits per heavy atom. The molecule has 0 nitrogen and oxygen atoms in total. The fourth-order valence-corrected chi connectivity index (χ4v) is 4.41. The molecule has 38 heavy (non-hydrogen) atoms. The van der Waals surface area contributed by atoms with Crippen molar-refractivity contribution in [3.8, 4) is 23.7 Å². The number of rotatable bonds is 12. The molecule has 0 aliphatic carbocycles. The summed E-state index contributed by atoms with van der Waals surface area (Å²) >= 11 is 0. The van der Waals surface area contributed by atoms with Crippen LogP contribution in [0.5, 0.6) is 0 Å².